The van der Waals surface area contributed by atoms with Crippen LogP contribution in [-0.2, 0) is 4.79 Å². The van der Waals surface area contributed by atoms with Gasteiger partial charge in [-0.3, -0.25) is 15.4 Å². The number of fused-ring (bicyclic) bond motifs is 1. The van der Waals surface area contributed by atoms with Crippen LogP contribution in [0.2, 0.25) is 0 Å². The van der Waals surface area contributed by atoms with Crippen molar-refractivity contribution in [2.24, 2.45) is 4.99 Å². The van der Waals surface area contributed by atoms with E-state index in [9.17, 15) is 4.79 Å². The van der Waals surface area contributed by atoms with Gasteiger partial charge in [-0.15, -0.1) is 0 Å². The van der Waals surface area contributed by atoms with E-state index in [0.29, 0.717) is 11.9 Å². The summed E-state index contributed by atoms with van der Waals surface area (Å²) in [4.78, 5) is 23.9. The lowest BCUT2D eigenvalue weighted by Gasteiger charge is -2.08. The monoisotopic (exact) mass is 255 g/mol. The van der Waals surface area contributed by atoms with E-state index in [4.69, 9.17) is 0 Å². The molecule has 19 heavy (non-hydrogen) atoms. The van der Waals surface area contributed by atoms with Crippen molar-refractivity contribution >= 4 is 28.7 Å². The van der Waals surface area contributed by atoms with Crippen LogP contribution in [0.25, 0.3) is 10.9 Å². The number of nitrogens with zero attached hydrogens (tertiary/aromatic N) is 3. The summed E-state index contributed by atoms with van der Waals surface area (Å²) < 4.78 is 0. The van der Waals surface area contributed by atoms with Gasteiger partial charge >= 0.3 is 0 Å². The maximum Gasteiger partial charge on any atom is 0.248 e. The first kappa shape index (κ1) is 11.6. The van der Waals surface area contributed by atoms with Gasteiger partial charge in [-0.2, -0.15) is 0 Å². The maximum atomic E-state index is 11.1. The Morgan fingerprint density at radius 2 is 2.11 bits per heavy atom. The molecule has 1 amide bonds. The van der Waals surface area contributed by atoms with Crippen molar-refractivity contribution in [2.75, 3.05) is 11.9 Å². The highest BCUT2D eigenvalue weighted by molar-refractivity contribution is 6.08. The third-order valence-corrected chi connectivity index (χ3v) is 2.91. The molecule has 2 N–H and O–H groups in total. The van der Waals surface area contributed by atoms with Gasteiger partial charge in [0.05, 0.1) is 11.2 Å². The van der Waals surface area contributed by atoms with E-state index in [1.54, 1.807) is 0 Å². The van der Waals surface area contributed by atoms with Crippen LogP contribution < -0.4 is 10.6 Å². The Morgan fingerprint density at radius 3 is 2.84 bits per heavy atom. The first-order valence-electron chi connectivity index (χ1n) is 5.98. The first-order valence-corrected chi connectivity index (χ1v) is 5.98. The summed E-state index contributed by atoms with van der Waals surface area (Å²) >= 11 is 0. The van der Waals surface area contributed by atoms with E-state index in [1.807, 2.05) is 32.0 Å². The van der Waals surface area contributed by atoms with Gasteiger partial charge < -0.3 is 0 Å². The number of amides is 1. The van der Waals surface area contributed by atoms with Gasteiger partial charge in [0, 0.05) is 5.39 Å². The molecule has 0 saturated carbocycles. The standard InChI is InChI=1S/C13H13N5O/c1-7-3-4-9-8(2)15-13(16-10(9)5-7)18-12-14-6-11(19)17-12/h3-5H,6H2,1-2H3,(H2,14,15,16,17,18,19). The predicted octanol–water partition coefficient (Wildman–Crippen LogP) is 1.14. The molecule has 1 aliphatic heterocycles. The van der Waals surface area contributed by atoms with E-state index in [2.05, 4.69) is 25.6 Å². The Kier molecular flexibility index (Phi) is 2.63. The zero-order valence-corrected chi connectivity index (χ0v) is 10.7. The van der Waals surface area contributed by atoms with Crippen LogP contribution in [0.3, 0.4) is 0 Å². The number of nitrogens with one attached hydrogen (secondary N) is 2. The third kappa shape index (κ3) is 2.24. The molecule has 0 saturated heterocycles. The number of aryl methyl sites for hydroxylation is 2. The molecule has 1 aromatic heterocycles. The fourth-order valence-corrected chi connectivity index (χ4v) is 1.99. The molecular weight excluding hydrogens is 242 g/mol. The average Bonchev–Trinajstić information content (AvgIpc) is 2.74. The molecule has 0 spiro atoms. The lowest BCUT2D eigenvalue weighted by molar-refractivity contribution is -0.117. The van der Waals surface area contributed by atoms with Gasteiger partial charge in [0.2, 0.25) is 17.8 Å². The van der Waals surface area contributed by atoms with Gasteiger partial charge in [-0.1, -0.05) is 12.1 Å². The number of rotatable bonds is 1. The zero-order chi connectivity index (χ0) is 13.4. The third-order valence-electron chi connectivity index (χ3n) is 2.91. The van der Waals surface area contributed by atoms with Gasteiger partial charge in [0.1, 0.15) is 6.54 Å². The second-order valence-corrected chi connectivity index (χ2v) is 4.49. The zero-order valence-electron chi connectivity index (χ0n) is 10.7. The fourth-order valence-electron chi connectivity index (χ4n) is 1.99. The van der Waals surface area contributed by atoms with Crippen LogP contribution in [0.15, 0.2) is 23.2 Å². The molecule has 1 aromatic carbocycles. The second-order valence-electron chi connectivity index (χ2n) is 4.49. The molecule has 0 fully saturated rings. The summed E-state index contributed by atoms with van der Waals surface area (Å²) in [5.74, 6) is 0.712. The molecule has 0 bridgehead atoms. The Hall–Kier alpha value is -2.50. The molecule has 2 aromatic rings. The van der Waals surface area contributed by atoms with Gasteiger partial charge in [0.25, 0.3) is 0 Å². The smallest absolute Gasteiger partial charge is 0.248 e. The first-order chi connectivity index (χ1) is 9.11. The highest BCUT2D eigenvalue weighted by Crippen LogP contribution is 2.18. The molecule has 0 radical (unpaired) electrons. The van der Waals surface area contributed by atoms with Crippen LogP contribution in [0.5, 0.6) is 0 Å². The number of carbonyl (C=O) groups excluding carboxylic acids is 1. The van der Waals surface area contributed by atoms with Crippen molar-refractivity contribution in [3.63, 3.8) is 0 Å². The minimum Gasteiger partial charge on any atom is -0.295 e. The summed E-state index contributed by atoms with van der Waals surface area (Å²) in [5, 5.41) is 6.54. The van der Waals surface area contributed by atoms with Crippen LogP contribution >= 0.6 is 0 Å². The SMILES string of the molecule is Cc1ccc2c(C)nc(NC3=NCC(=O)N3)nc2c1. The van der Waals surface area contributed by atoms with E-state index in [-0.39, 0.29) is 12.5 Å². The summed E-state index contributed by atoms with van der Waals surface area (Å²) in [5.41, 5.74) is 2.90. The van der Waals surface area contributed by atoms with Crippen molar-refractivity contribution in [3.05, 3.63) is 29.5 Å². The van der Waals surface area contributed by atoms with Crippen molar-refractivity contribution < 1.29 is 4.79 Å². The number of benzene rings is 1. The number of hydrogen-bond acceptors (Lipinski definition) is 5. The molecule has 96 valence electrons. The van der Waals surface area contributed by atoms with E-state index in [1.165, 1.54) is 0 Å². The van der Waals surface area contributed by atoms with Crippen molar-refractivity contribution in [2.45, 2.75) is 13.8 Å². The van der Waals surface area contributed by atoms with Crippen LogP contribution in [0, 0.1) is 13.8 Å². The summed E-state index contributed by atoms with van der Waals surface area (Å²) in [6.07, 6.45) is 0. The molecular formula is C13H13N5O. The number of carbonyl (C=O) groups is 1. The van der Waals surface area contributed by atoms with E-state index < -0.39 is 0 Å². The van der Waals surface area contributed by atoms with Crippen molar-refractivity contribution in [1.29, 1.82) is 0 Å². The minimum atomic E-state index is -0.129. The Bertz CT molecular complexity index is 707. The molecule has 3 rings (SSSR count). The normalized spacial score (nSPS) is 14.4. The second kappa shape index (κ2) is 4.31. The van der Waals surface area contributed by atoms with Gasteiger partial charge in [-0.05, 0) is 25.5 Å². The number of aliphatic imine (C=N–C) groups is 1. The lowest BCUT2D eigenvalue weighted by atomic mass is 10.1. The number of aromatic nitrogens is 2. The Labute approximate surface area is 110 Å². The topological polar surface area (TPSA) is 79.3 Å². The van der Waals surface area contributed by atoms with Crippen LogP contribution in [0.4, 0.5) is 5.95 Å². The van der Waals surface area contributed by atoms with E-state index in [0.717, 1.165) is 22.2 Å². The van der Waals surface area contributed by atoms with Crippen molar-refractivity contribution in [1.82, 2.24) is 15.3 Å². The molecule has 1 aliphatic rings. The molecule has 0 aliphatic carbocycles. The predicted molar refractivity (Wildman–Crippen MR) is 73.1 cm³/mol. The largest absolute Gasteiger partial charge is 0.295 e. The molecule has 6 heteroatoms. The number of guanidine groups is 1. The molecule has 6 nitrogen and oxygen atoms in total. The number of anilines is 1. The minimum absolute atomic E-state index is 0.129. The fraction of sp³-hybridized carbons (Fsp3) is 0.231. The highest BCUT2D eigenvalue weighted by atomic mass is 16.2. The van der Waals surface area contributed by atoms with Crippen molar-refractivity contribution in [3.8, 4) is 0 Å². The van der Waals surface area contributed by atoms with Crippen LogP contribution in [0.1, 0.15) is 11.3 Å². The average molecular weight is 255 g/mol. The quantitative estimate of drug-likeness (QED) is 0.801. The molecule has 0 atom stereocenters. The summed E-state index contributed by atoms with van der Waals surface area (Å²) in [7, 11) is 0. The summed E-state index contributed by atoms with van der Waals surface area (Å²) in [6, 6.07) is 6.05. The van der Waals surface area contributed by atoms with E-state index >= 15 is 0 Å². The molecule has 2 heterocycles. The van der Waals surface area contributed by atoms with Gasteiger partial charge in [-0.25, -0.2) is 15.0 Å². The summed E-state index contributed by atoms with van der Waals surface area (Å²) in [6.45, 7) is 4.10. The number of hydrogen-bond donors (Lipinski definition) is 2. The Balaban J connectivity index is 1.98. The maximum absolute atomic E-state index is 11.1. The van der Waals surface area contributed by atoms with Crippen LogP contribution in [-0.4, -0.2) is 28.4 Å². The Morgan fingerprint density at radius 1 is 1.26 bits per heavy atom. The highest BCUT2D eigenvalue weighted by Gasteiger charge is 2.14. The molecule has 0 unspecified atom stereocenters. The van der Waals surface area contributed by atoms with Gasteiger partial charge in [0.15, 0.2) is 0 Å². The lowest BCUT2D eigenvalue weighted by Crippen LogP contribution is -2.31.